The molecule has 2 heterocycles. The van der Waals surface area contributed by atoms with Crippen molar-refractivity contribution in [2.75, 3.05) is 13.1 Å². The molecule has 4 nitrogen and oxygen atoms in total. The van der Waals surface area contributed by atoms with Crippen molar-refractivity contribution in [3.8, 4) is 0 Å². The number of carbonyl (C=O) groups excluding carboxylic acids is 1. The van der Waals surface area contributed by atoms with Gasteiger partial charge in [-0.3, -0.25) is 4.79 Å². The molecule has 21 heavy (non-hydrogen) atoms. The van der Waals surface area contributed by atoms with Crippen LogP contribution in [0.15, 0.2) is 24.3 Å². The first-order valence-corrected chi connectivity index (χ1v) is 7.97. The van der Waals surface area contributed by atoms with E-state index >= 15 is 0 Å². The quantitative estimate of drug-likeness (QED) is 0.918. The van der Waals surface area contributed by atoms with Crippen LogP contribution in [0.5, 0.6) is 0 Å². The van der Waals surface area contributed by atoms with Crippen molar-refractivity contribution in [3.63, 3.8) is 0 Å². The lowest BCUT2D eigenvalue weighted by molar-refractivity contribution is -0.122. The van der Waals surface area contributed by atoms with Crippen LogP contribution in [0.4, 0.5) is 0 Å². The first kappa shape index (κ1) is 14.3. The van der Waals surface area contributed by atoms with Gasteiger partial charge < -0.3 is 9.88 Å². The average molecular weight is 285 g/mol. The Morgan fingerprint density at radius 2 is 2.29 bits per heavy atom. The molecule has 1 fully saturated rings. The lowest BCUT2D eigenvalue weighted by Crippen LogP contribution is -2.35. The summed E-state index contributed by atoms with van der Waals surface area (Å²) in [5.74, 6) is 1.41. The molecule has 1 unspecified atom stereocenters. The predicted octanol–water partition coefficient (Wildman–Crippen LogP) is 2.56. The fourth-order valence-electron chi connectivity index (χ4n) is 3.16. The van der Waals surface area contributed by atoms with Gasteiger partial charge in [-0.2, -0.15) is 0 Å². The minimum atomic E-state index is 0.161. The molecule has 0 saturated carbocycles. The number of hydrogen-bond donors (Lipinski definition) is 1. The van der Waals surface area contributed by atoms with E-state index in [1.54, 1.807) is 0 Å². The molecule has 0 aliphatic carbocycles. The van der Waals surface area contributed by atoms with Gasteiger partial charge >= 0.3 is 0 Å². The number of para-hydroxylation sites is 2. The molecule has 4 heteroatoms. The molecule has 1 aromatic heterocycles. The van der Waals surface area contributed by atoms with Crippen molar-refractivity contribution in [3.05, 3.63) is 30.1 Å². The van der Waals surface area contributed by atoms with Crippen molar-refractivity contribution in [1.29, 1.82) is 0 Å². The molecule has 1 N–H and O–H groups in total. The van der Waals surface area contributed by atoms with Gasteiger partial charge in [0.25, 0.3) is 0 Å². The number of piperidine rings is 1. The Morgan fingerprint density at radius 3 is 3.05 bits per heavy atom. The number of benzene rings is 1. The van der Waals surface area contributed by atoms with E-state index in [9.17, 15) is 4.79 Å². The lowest BCUT2D eigenvalue weighted by atomic mass is 9.93. The average Bonchev–Trinajstić information content (AvgIpc) is 2.86. The first-order chi connectivity index (χ1) is 10.3. The van der Waals surface area contributed by atoms with E-state index in [1.807, 2.05) is 18.2 Å². The minimum absolute atomic E-state index is 0.161. The zero-order chi connectivity index (χ0) is 14.7. The van der Waals surface area contributed by atoms with Gasteiger partial charge in [0.15, 0.2) is 0 Å². The number of Topliss-reactive ketones (excluding diaryl/α,β-unsaturated/α-hetero) is 1. The van der Waals surface area contributed by atoms with Gasteiger partial charge in [0.2, 0.25) is 0 Å². The van der Waals surface area contributed by atoms with E-state index in [2.05, 4.69) is 27.9 Å². The van der Waals surface area contributed by atoms with Gasteiger partial charge in [0, 0.05) is 19.0 Å². The summed E-state index contributed by atoms with van der Waals surface area (Å²) in [6, 6.07) is 8.15. The molecule has 1 atom stereocenters. The zero-order valence-electron chi connectivity index (χ0n) is 12.6. The van der Waals surface area contributed by atoms with E-state index in [-0.39, 0.29) is 5.92 Å². The van der Waals surface area contributed by atoms with Crippen LogP contribution in [0.25, 0.3) is 11.0 Å². The Morgan fingerprint density at radius 1 is 1.43 bits per heavy atom. The largest absolute Gasteiger partial charge is 0.328 e. The van der Waals surface area contributed by atoms with Crippen LogP contribution in [-0.4, -0.2) is 28.4 Å². The van der Waals surface area contributed by atoms with Gasteiger partial charge in [0.1, 0.15) is 11.6 Å². The maximum atomic E-state index is 12.5. The molecular formula is C17H23N3O. The Kier molecular flexibility index (Phi) is 4.34. The molecule has 1 aliphatic heterocycles. The van der Waals surface area contributed by atoms with E-state index in [4.69, 9.17) is 0 Å². The number of nitrogens with zero attached hydrogens (tertiary/aromatic N) is 2. The molecule has 0 amide bonds. The van der Waals surface area contributed by atoms with Gasteiger partial charge in [-0.05, 0) is 37.9 Å². The van der Waals surface area contributed by atoms with Gasteiger partial charge in [-0.15, -0.1) is 0 Å². The third-order valence-corrected chi connectivity index (χ3v) is 4.27. The third kappa shape index (κ3) is 3.00. The second kappa shape index (κ2) is 6.39. The maximum absolute atomic E-state index is 12.5. The van der Waals surface area contributed by atoms with E-state index < -0.39 is 0 Å². The van der Waals surface area contributed by atoms with Crippen molar-refractivity contribution in [2.24, 2.45) is 5.92 Å². The summed E-state index contributed by atoms with van der Waals surface area (Å²) in [7, 11) is 0. The standard InChI is InChI=1S/C17H23N3O/c1-2-10-20-15-8-4-3-7-14(15)19-17(20)11-16(21)13-6-5-9-18-12-13/h3-4,7-8,13,18H,2,5-6,9-12H2,1H3. The highest BCUT2D eigenvalue weighted by Gasteiger charge is 2.23. The van der Waals surface area contributed by atoms with Crippen molar-refractivity contribution < 1.29 is 4.79 Å². The summed E-state index contributed by atoms with van der Waals surface area (Å²) >= 11 is 0. The predicted molar refractivity (Wildman–Crippen MR) is 84.3 cm³/mol. The second-order valence-electron chi connectivity index (χ2n) is 5.85. The number of ketones is 1. The molecule has 0 bridgehead atoms. The topological polar surface area (TPSA) is 46.9 Å². The maximum Gasteiger partial charge on any atom is 0.144 e. The Balaban J connectivity index is 1.85. The van der Waals surface area contributed by atoms with Crippen LogP contribution in [0, 0.1) is 5.92 Å². The molecule has 112 valence electrons. The fourth-order valence-corrected chi connectivity index (χ4v) is 3.16. The monoisotopic (exact) mass is 285 g/mol. The number of aryl methyl sites for hydroxylation is 1. The summed E-state index contributed by atoms with van der Waals surface area (Å²) in [5, 5.41) is 3.32. The number of fused-ring (bicyclic) bond motifs is 1. The van der Waals surface area contributed by atoms with Crippen LogP contribution >= 0.6 is 0 Å². The Hall–Kier alpha value is -1.68. The minimum Gasteiger partial charge on any atom is -0.328 e. The highest BCUT2D eigenvalue weighted by atomic mass is 16.1. The van der Waals surface area contributed by atoms with Gasteiger partial charge in [-0.25, -0.2) is 4.98 Å². The third-order valence-electron chi connectivity index (χ3n) is 4.27. The molecule has 1 aromatic carbocycles. The molecule has 1 saturated heterocycles. The van der Waals surface area contributed by atoms with Crippen LogP contribution in [0.2, 0.25) is 0 Å². The smallest absolute Gasteiger partial charge is 0.144 e. The van der Waals surface area contributed by atoms with E-state index in [0.29, 0.717) is 12.2 Å². The molecule has 0 radical (unpaired) electrons. The summed E-state index contributed by atoms with van der Waals surface area (Å²) < 4.78 is 2.21. The highest BCUT2D eigenvalue weighted by molar-refractivity contribution is 5.84. The fraction of sp³-hybridized carbons (Fsp3) is 0.529. The van der Waals surface area contributed by atoms with Crippen molar-refractivity contribution in [2.45, 2.75) is 39.2 Å². The van der Waals surface area contributed by atoms with Crippen molar-refractivity contribution >= 4 is 16.8 Å². The molecular weight excluding hydrogens is 262 g/mol. The number of rotatable bonds is 5. The Bertz CT molecular complexity index is 626. The number of aromatic nitrogens is 2. The van der Waals surface area contributed by atoms with Gasteiger partial charge in [-0.1, -0.05) is 19.1 Å². The number of imidazole rings is 1. The number of hydrogen-bond acceptors (Lipinski definition) is 3. The SMILES string of the molecule is CCCn1c(CC(=O)C2CCCNC2)nc2ccccc21. The van der Waals surface area contributed by atoms with Crippen LogP contribution in [-0.2, 0) is 17.8 Å². The second-order valence-corrected chi connectivity index (χ2v) is 5.85. The number of carbonyl (C=O) groups is 1. The molecule has 2 aromatic rings. The summed E-state index contributed by atoms with van der Waals surface area (Å²) in [4.78, 5) is 17.2. The summed E-state index contributed by atoms with van der Waals surface area (Å²) in [5.41, 5.74) is 2.14. The van der Waals surface area contributed by atoms with Crippen LogP contribution < -0.4 is 5.32 Å². The normalized spacial score (nSPS) is 19.0. The lowest BCUT2D eigenvalue weighted by Gasteiger charge is -2.21. The van der Waals surface area contributed by atoms with E-state index in [1.165, 1.54) is 0 Å². The van der Waals surface area contributed by atoms with Crippen LogP contribution in [0.1, 0.15) is 32.0 Å². The van der Waals surface area contributed by atoms with Gasteiger partial charge in [0.05, 0.1) is 17.5 Å². The zero-order valence-corrected chi connectivity index (χ0v) is 12.6. The number of nitrogens with one attached hydrogen (secondary N) is 1. The van der Waals surface area contributed by atoms with Crippen molar-refractivity contribution in [1.82, 2.24) is 14.9 Å². The summed E-state index contributed by atoms with van der Waals surface area (Å²) in [6.45, 7) is 4.95. The molecule has 1 aliphatic rings. The summed E-state index contributed by atoms with van der Waals surface area (Å²) in [6.07, 6.45) is 3.62. The van der Waals surface area contributed by atoms with Crippen LogP contribution in [0.3, 0.4) is 0 Å². The van der Waals surface area contributed by atoms with E-state index in [0.717, 1.165) is 55.8 Å². The highest BCUT2D eigenvalue weighted by Crippen LogP contribution is 2.19. The molecule has 3 rings (SSSR count). The molecule has 0 spiro atoms. The Labute approximate surface area is 125 Å². The first-order valence-electron chi connectivity index (χ1n) is 7.97.